The van der Waals surface area contributed by atoms with E-state index in [1.54, 1.807) is 0 Å². The van der Waals surface area contributed by atoms with E-state index in [1.807, 2.05) is 0 Å². The molecule has 0 aliphatic carbocycles. The normalized spacial score (nSPS) is 13.1. The highest BCUT2D eigenvalue weighted by atomic mass is 35.5. The Bertz CT molecular complexity index is 337. The zero-order valence-corrected chi connectivity index (χ0v) is 7.53. The molecule has 0 radical (unpaired) electrons. The Morgan fingerprint density at radius 1 is 1.14 bits per heavy atom. The summed E-state index contributed by atoms with van der Waals surface area (Å²) in [5, 5.41) is 0.384. The van der Waals surface area contributed by atoms with Crippen LogP contribution in [0.3, 0.4) is 0 Å². The lowest BCUT2D eigenvalue weighted by Gasteiger charge is -2.02. The van der Waals surface area contributed by atoms with Crippen molar-refractivity contribution in [1.82, 2.24) is 0 Å². The molecule has 1 rings (SSSR count). The Hall–Kier alpha value is -1.03. The molecule has 0 saturated carbocycles. The summed E-state index contributed by atoms with van der Waals surface area (Å²) in [7, 11) is 0. The van der Waals surface area contributed by atoms with Crippen LogP contribution in [0.5, 0.6) is 0 Å². The number of hydrogen-bond donors (Lipinski definition) is 0. The predicted octanol–water partition coefficient (Wildman–Crippen LogP) is 4.21. The van der Waals surface area contributed by atoms with Crippen molar-refractivity contribution in [2.45, 2.75) is 6.18 Å². The second kappa shape index (κ2) is 4.00. The van der Waals surface area contributed by atoms with Crippen LogP contribution in [0.15, 0.2) is 30.1 Å². The fraction of sp³-hybridized carbons (Fsp3) is 0.111. The Kier molecular flexibility index (Phi) is 3.16. The van der Waals surface area contributed by atoms with E-state index in [1.165, 1.54) is 24.3 Å². The molecule has 0 bridgehead atoms. The van der Waals surface area contributed by atoms with Gasteiger partial charge in [-0.05, 0) is 23.8 Å². The van der Waals surface area contributed by atoms with Crippen LogP contribution in [0.25, 0.3) is 6.08 Å². The number of benzene rings is 1. The summed E-state index contributed by atoms with van der Waals surface area (Å²) in [6.45, 7) is 0. The topological polar surface area (TPSA) is 0 Å². The second-order valence-corrected chi connectivity index (χ2v) is 2.98. The van der Waals surface area contributed by atoms with Crippen LogP contribution in [0.4, 0.5) is 17.6 Å². The highest BCUT2D eigenvalue weighted by molar-refractivity contribution is 6.30. The van der Waals surface area contributed by atoms with Gasteiger partial charge in [0.05, 0.1) is 0 Å². The van der Waals surface area contributed by atoms with Crippen LogP contribution in [0.1, 0.15) is 5.56 Å². The summed E-state index contributed by atoms with van der Waals surface area (Å²) >= 11 is 5.50. The van der Waals surface area contributed by atoms with E-state index in [0.717, 1.165) is 0 Å². The molecule has 14 heavy (non-hydrogen) atoms. The maximum atomic E-state index is 12.4. The lowest BCUT2D eigenvalue weighted by atomic mass is 10.2. The third-order valence-electron chi connectivity index (χ3n) is 1.43. The molecule has 0 atom stereocenters. The number of allylic oxidation sites excluding steroid dienone is 1. The summed E-state index contributed by atoms with van der Waals surface area (Å²) in [6.07, 6.45) is -4.52. The van der Waals surface area contributed by atoms with Gasteiger partial charge in [-0.15, -0.1) is 0 Å². The van der Waals surface area contributed by atoms with Crippen LogP contribution in [0.2, 0.25) is 5.02 Å². The first-order chi connectivity index (χ1) is 6.39. The van der Waals surface area contributed by atoms with Gasteiger partial charge in [-0.25, -0.2) is 4.39 Å². The molecular weight excluding hydrogens is 220 g/mol. The molecule has 0 nitrogen and oxygen atoms in total. The summed E-state index contributed by atoms with van der Waals surface area (Å²) in [4.78, 5) is 0. The van der Waals surface area contributed by atoms with Gasteiger partial charge in [0, 0.05) is 5.02 Å². The van der Waals surface area contributed by atoms with Gasteiger partial charge in [-0.1, -0.05) is 23.7 Å². The van der Waals surface area contributed by atoms with E-state index in [2.05, 4.69) is 0 Å². The van der Waals surface area contributed by atoms with Gasteiger partial charge in [0.15, 0.2) is 0 Å². The van der Waals surface area contributed by atoms with E-state index in [9.17, 15) is 17.6 Å². The molecule has 0 spiro atoms. The van der Waals surface area contributed by atoms with E-state index >= 15 is 0 Å². The standard InChI is InChI=1S/C9H5ClF4/c10-7-3-1-6(2-4-7)5-8(11)9(12,13)14/h1-5H/b8-5-. The monoisotopic (exact) mass is 224 g/mol. The highest BCUT2D eigenvalue weighted by Gasteiger charge is 2.34. The highest BCUT2D eigenvalue weighted by Crippen LogP contribution is 2.28. The van der Waals surface area contributed by atoms with Crippen molar-refractivity contribution in [3.63, 3.8) is 0 Å². The van der Waals surface area contributed by atoms with Crippen molar-refractivity contribution >= 4 is 17.7 Å². The van der Waals surface area contributed by atoms with Crippen LogP contribution in [-0.2, 0) is 0 Å². The van der Waals surface area contributed by atoms with Gasteiger partial charge in [0.2, 0.25) is 5.83 Å². The van der Waals surface area contributed by atoms with Crippen LogP contribution in [-0.4, -0.2) is 6.18 Å². The Balaban J connectivity index is 2.93. The fourth-order valence-electron chi connectivity index (χ4n) is 0.787. The molecule has 0 heterocycles. The molecule has 76 valence electrons. The quantitative estimate of drug-likeness (QED) is 0.627. The first kappa shape index (κ1) is 11.0. The molecule has 0 aliphatic rings. The fourth-order valence-corrected chi connectivity index (χ4v) is 0.913. The second-order valence-electron chi connectivity index (χ2n) is 2.54. The molecule has 0 fully saturated rings. The van der Waals surface area contributed by atoms with Crippen LogP contribution in [0, 0.1) is 0 Å². The van der Waals surface area contributed by atoms with E-state index in [0.29, 0.717) is 11.1 Å². The Morgan fingerprint density at radius 2 is 1.64 bits per heavy atom. The van der Waals surface area contributed by atoms with E-state index in [-0.39, 0.29) is 5.56 Å². The smallest absolute Gasteiger partial charge is 0.202 e. The molecule has 1 aromatic rings. The average molecular weight is 225 g/mol. The zero-order valence-electron chi connectivity index (χ0n) is 6.78. The molecule has 0 N–H and O–H groups in total. The molecule has 0 amide bonds. The van der Waals surface area contributed by atoms with Crippen LogP contribution < -0.4 is 0 Å². The third kappa shape index (κ3) is 3.03. The summed E-state index contributed by atoms with van der Waals surface area (Å²) in [5.41, 5.74) is 0.115. The third-order valence-corrected chi connectivity index (χ3v) is 1.69. The van der Waals surface area contributed by atoms with Gasteiger partial charge in [0.1, 0.15) is 0 Å². The largest absolute Gasteiger partial charge is 0.442 e. The molecular formula is C9H5ClF4. The Morgan fingerprint density at radius 3 is 2.07 bits per heavy atom. The summed E-state index contributed by atoms with van der Waals surface area (Å²) in [5.74, 6) is -2.13. The average Bonchev–Trinajstić information content (AvgIpc) is 2.07. The minimum Gasteiger partial charge on any atom is -0.202 e. The predicted molar refractivity (Wildman–Crippen MR) is 46.6 cm³/mol. The minimum atomic E-state index is -4.93. The summed E-state index contributed by atoms with van der Waals surface area (Å²) < 4.78 is 47.6. The zero-order chi connectivity index (χ0) is 10.8. The number of hydrogen-bond acceptors (Lipinski definition) is 0. The van der Waals surface area contributed by atoms with E-state index in [4.69, 9.17) is 11.6 Å². The van der Waals surface area contributed by atoms with Gasteiger partial charge >= 0.3 is 6.18 Å². The van der Waals surface area contributed by atoms with Crippen molar-refractivity contribution in [3.05, 3.63) is 40.7 Å². The maximum Gasteiger partial charge on any atom is 0.442 e. The van der Waals surface area contributed by atoms with E-state index < -0.39 is 12.0 Å². The molecule has 0 aliphatic heterocycles. The number of halogens is 5. The maximum absolute atomic E-state index is 12.4. The molecule has 0 saturated heterocycles. The van der Waals surface area contributed by atoms with Crippen molar-refractivity contribution < 1.29 is 17.6 Å². The molecule has 0 aromatic heterocycles. The number of rotatable bonds is 1. The minimum absolute atomic E-state index is 0.115. The van der Waals surface area contributed by atoms with Gasteiger partial charge in [-0.2, -0.15) is 13.2 Å². The number of alkyl halides is 3. The molecule has 1 aromatic carbocycles. The van der Waals surface area contributed by atoms with Crippen molar-refractivity contribution in [2.75, 3.05) is 0 Å². The van der Waals surface area contributed by atoms with Crippen molar-refractivity contribution in [2.24, 2.45) is 0 Å². The summed E-state index contributed by atoms with van der Waals surface area (Å²) in [6, 6.07) is 5.37. The lowest BCUT2D eigenvalue weighted by molar-refractivity contribution is -0.107. The Labute approximate surface area is 82.8 Å². The van der Waals surface area contributed by atoms with Gasteiger partial charge < -0.3 is 0 Å². The molecule has 0 unspecified atom stereocenters. The molecule has 5 heteroatoms. The lowest BCUT2D eigenvalue weighted by Crippen LogP contribution is -2.07. The first-order valence-electron chi connectivity index (χ1n) is 3.59. The van der Waals surface area contributed by atoms with Gasteiger partial charge in [-0.3, -0.25) is 0 Å². The van der Waals surface area contributed by atoms with Gasteiger partial charge in [0.25, 0.3) is 0 Å². The van der Waals surface area contributed by atoms with Crippen LogP contribution >= 0.6 is 11.6 Å². The first-order valence-corrected chi connectivity index (χ1v) is 3.97. The SMILES string of the molecule is F/C(=C\c1ccc(Cl)cc1)C(F)(F)F. The van der Waals surface area contributed by atoms with Crippen molar-refractivity contribution in [1.29, 1.82) is 0 Å². The van der Waals surface area contributed by atoms with Crippen molar-refractivity contribution in [3.8, 4) is 0 Å².